The Balaban J connectivity index is 3.48. The van der Waals surface area contributed by atoms with Gasteiger partial charge in [0.2, 0.25) is 9.05 Å². The van der Waals surface area contributed by atoms with Crippen LogP contribution >= 0.6 is 10.7 Å². The average Bonchev–Trinajstić information content (AvgIpc) is 2.13. The molecule has 0 spiro atoms. The molecule has 0 bridgehead atoms. The number of halogens is 2. The summed E-state index contributed by atoms with van der Waals surface area (Å²) in [6.45, 7) is 0. The van der Waals surface area contributed by atoms with E-state index in [2.05, 4.69) is 0 Å². The van der Waals surface area contributed by atoms with Gasteiger partial charge in [0.1, 0.15) is 4.90 Å². The van der Waals surface area contributed by atoms with Crippen LogP contribution in [0, 0.1) is 5.82 Å². The zero-order chi connectivity index (χ0) is 14.1. The van der Waals surface area contributed by atoms with Crippen LogP contribution in [0.4, 0.5) is 4.39 Å². The van der Waals surface area contributed by atoms with Crippen molar-refractivity contribution in [3.63, 3.8) is 0 Å². The number of methoxy groups -OCH3 is 1. The van der Waals surface area contributed by atoms with Gasteiger partial charge in [-0.05, 0) is 6.07 Å². The molecule has 0 aliphatic heterocycles. The summed E-state index contributed by atoms with van der Waals surface area (Å²) in [5.74, 6) is -2.22. The molecule has 0 N–H and O–H groups in total. The molecule has 0 saturated carbocycles. The number of benzene rings is 1. The Kier molecular flexibility index (Phi) is 4.24. The first-order valence-electron chi connectivity index (χ1n) is 4.54. The Labute approximate surface area is 109 Å². The highest BCUT2D eigenvalue weighted by molar-refractivity contribution is 8.13. The largest absolute Gasteiger partial charge is 0.493 e. The summed E-state index contributed by atoms with van der Waals surface area (Å²) in [5, 5.41) is 0. The highest BCUT2D eigenvalue weighted by Crippen LogP contribution is 2.30. The van der Waals surface area contributed by atoms with Gasteiger partial charge in [0, 0.05) is 22.5 Å². The molecule has 0 unspecified atom stereocenters. The summed E-state index contributed by atoms with van der Waals surface area (Å²) in [7, 11) is -1.50. The first kappa shape index (κ1) is 15.2. The van der Waals surface area contributed by atoms with Crippen LogP contribution in [0.3, 0.4) is 0 Å². The molecule has 1 rings (SSSR count). The summed E-state index contributed by atoms with van der Waals surface area (Å²) in [4.78, 5) is -0.560. The molecule has 0 aliphatic rings. The van der Waals surface area contributed by atoms with Gasteiger partial charge in [-0.3, -0.25) is 0 Å². The van der Waals surface area contributed by atoms with Crippen molar-refractivity contribution in [3.8, 4) is 5.75 Å². The van der Waals surface area contributed by atoms with E-state index in [1.807, 2.05) is 0 Å². The van der Waals surface area contributed by atoms with Gasteiger partial charge in [-0.15, -0.1) is 0 Å². The maximum Gasteiger partial charge on any atom is 0.236 e. The monoisotopic (exact) mass is 316 g/mol. The maximum absolute atomic E-state index is 13.9. The second kappa shape index (κ2) is 5.02. The van der Waals surface area contributed by atoms with E-state index in [4.69, 9.17) is 15.4 Å². The summed E-state index contributed by atoms with van der Waals surface area (Å²) in [5.41, 5.74) is -0.0441. The second-order valence-corrected chi connectivity index (χ2v) is 8.29. The minimum absolute atomic E-state index is 0.0441. The van der Waals surface area contributed by atoms with Crippen molar-refractivity contribution < 1.29 is 26.0 Å². The molecule has 0 saturated heterocycles. The number of hydrogen-bond acceptors (Lipinski definition) is 5. The van der Waals surface area contributed by atoms with E-state index in [1.165, 1.54) is 0 Å². The average molecular weight is 317 g/mol. The van der Waals surface area contributed by atoms with Gasteiger partial charge in [-0.25, -0.2) is 21.2 Å². The van der Waals surface area contributed by atoms with E-state index in [-0.39, 0.29) is 5.56 Å². The van der Waals surface area contributed by atoms with Crippen molar-refractivity contribution in [2.75, 3.05) is 13.4 Å². The van der Waals surface area contributed by atoms with Crippen molar-refractivity contribution in [3.05, 3.63) is 23.5 Å². The third kappa shape index (κ3) is 3.56. The highest BCUT2D eigenvalue weighted by atomic mass is 35.7. The van der Waals surface area contributed by atoms with E-state index >= 15 is 0 Å². The Morgan fingerprint density at radius 1 is 1.28 bits per heavy atom. The molecule has 0 aliphatic carbocycles. The lowest BCUT2D eigenvalue weighted by Crippen LogP contribution is -2.06. The molecule has 0 amide bonds. The van der Waals surface area contributed by atoms with Crippen molar-refractivity contribution in [2.24, 2.45) is 0 Å². The quantitative estimate of drug-likeness (QED) is 0.783. The number of hydrogen-bond donors (Lipinski definition) is 0. The van der Waals surface area contributed by atoms with E-state index in [0.717, 1.165) is 25.5 Å². The van der Waals surface area contributed by atoms with Crippen molar-refractivity contribution in [2.45, 2.75) is 10.6 Å². The molecule has 0 radical (unpaired) electrons. The van der Waals surface area contributed by atoms with Crippen LogP contribution in [0.5, 0.6) is 5.75 Å². The zero-order valence-electron chi connectivity index (χ0n) is 9.48. The van der Waals surface area contributed by atoms with E-state index in [1.54, 1.807) is 0 Å². The van der Waals surface area contributed by atoms with Crippen LogP contribution in [0.2, 0.25) is 0 Å². The number of ether oxygens (including phenoxy) is 1. The zero-order valence-corrected chi connectivity index (χ0v) is 11.9. The van der Waals surface area contributed by atoms with Gasteiger partial charge in [-0.1, -0.05) is 6.07 Å². The Hall–Kier alpha value is -0.860. The third-order valence-electron chi connectivity index (χ3n) is 2.07. The smallest absolute Gasteiger partial charge is 0.236 e. The second-order valence-electron chi connectivity index (χ2n) is 3.53. The minimum Gasteiger partial charge on any atom is -0.493 e. The molecule has 18 heavy (non-hydrogen) atoms. The number of sulfone groups is 1. The lowest BCUT2D eigenvalue weighted by Gasteiger charge is -2.10. The third-order valence-corrected chi connectivity index (χ3v) is 4.17. The molecular formula is C9H10ClFO5S2. The molecule has 1 aromatic rings. The van der Waals surface area contributed by atoms with Gasteiger partial charge in [-0.2, -0.15) is 0 Å². The molecule has 1 aromatic carbocycles. The summed E-state index contributed by atoms with van der Waals surface area (Å²) < 4.78 is 63.0. The van der Waals surface area contributed by atoms with Crippen LogP contribution in [0.25, 0.3) is 0 Å². The summed E-state index contributed by atoms with van der Waals surface area (Å²) in [6.07, 6.45) is 0.836. The molecule has 0 atom stereocenters. The summed E-state index contributed by atoms with van der Waals surface area (Å²) in [6, 6.07) is 2.13. The normalized spacial score (nSPS) is 12.4. The lowest BCUT2D eigenvalue weighted by molar-refractivity contribution is 0.377. The van der Waals surface area contributed by atoms with E-state index in [0.29, 0.717) is 0 Å². The minimum atomic E-state index is -3.90. The Bertz CT molecular complexity index is 666. The van der Waals surface area contributed by atoms with Gasteiger partial charge >= 0.3 is 0 Å². The summed E-state index contributed by atoms with van der Waals surface area (Å²) >= 11 is 0. The predicted molar refractivity (Wildman–Crippen MR) is 64.5 cm³/mol. The van der Waals surface area contributed by atoms with Crippen LogP contribution < -0.4 is 4.74 Å². The molecule has 102 valence electrons. The van der Waals surface area contributed by atoms with E-state index < -0.39 is 41.1 Å². The molecule has 0 aromatic heterocycles. The van der Waals surface area contributed by atoms with Crippen LogP contribution in [-0.2, 0) is 24.6 Å². The lowest BCUT2D eigenvalue weighted by atomic mass is 10.2. The SMILES string of the molecule is COc1c(CS(=O)(=O)Cl)ccc(S(C)(=O)=O)c1F. The fraction of sp³-hybridized carbons (Fsp3) is 0.333. The molecule has 9 heteroatoms. The van der Waals surface area contributed by atoms with Gasteiger partial charge in [0.15, 0.2) is 21.4 Å². The molecule has 0 fully saturated rings. The molecule has 5 nitrogen and oxygen atoms in total. The van der Waals surface area contributed by atoms with Crippen LogP contribution in [-0.4, -0.2) is 30.2 Å². The number of rotatable bonds is 4. The Morgan fingerprint density at radius 2 is 1.83 bits per heavy atom. The molecule has 0 heterocycles. The van der Waals surface area contributed by atoms with Crippen molar-refractivity contribution >= 4 is 29.6 Å². The topological polar surface area (TPSA) is 77.5 Å². The van der Waals surface area contributed by atoms with Crippen LogP contribution in [0.1, 0.15) is 5.56 Å². The van der Waals surface area contributed by atoms with Gasteiger partial charge in [0.25, 0.3) is 0 Å². The van der Waals surface area contributed by atoms with Crippen molar-refractivity contribution in [1.82, 2.24) is 0 Å². The first-order chi connectivity index (χ1) is 8.06. The van der Waals surface area contributed by atoms with Gasteiger partial charge in [0.05, 0.1) is 12.9 Å². The first-order valence-corrected chi connectivity index (χ1v) is 8.91. The fourth-order valence-electron chi connectivity index (χ4n) is 1.38. The van der Waals surface area contributed by atoms with Gasteiger partial charge < -0.3 is 4.74 Å². The standard InChI is InChI=1S/C9H10ClFO5S2/c1-16-9-6(5-18(10,14)15)3-4-7(8(9)11)17(2,12)13/h3-4H,5H2,1-2H3. The highest BCUT2D eigenvalue weighted by Gasteiger charge is 2.22. The molecular weight excluding hydrogens is 307 g/mol. The van der Waals surface area contributed by atoms with E-state index in [9.17, 15) is 21.2 Å². The maximum atomic E-state index is 13.9. The Morgan fingerprint density at radius 3 is 2.22 bits per heavy atom. The fourth-order valence-corrected chi connectivity index (χ4v) is 3.07. The van der Waals surface area contributed by atoms with Crippen molar-refractivity contribution in [1.29, 1.82) is 0 Å². The van der Waals surface area contributed by atoms with Crippen LogP contribution in [0.15, 0.2) is 17.0 Å². The predicted octanol–water partition coefficient (Wildman–Crippen LogP) is 1.31.